The Labute approximate surface area is 155 Å². The first-order chi connectivity index (χ1) is 12.7. The minimum absolute atomic E-state index is 0.0252. The van der Waals surface area contributed by atoms with Gasteiger partial charge in [-0.1, -0.05) is 12.8 Å². The van der Waals surface area contributed by atoms with Crippen molar-refractivity contribution in [2.75, 3.05) is 43.4 Å². The van der Waals surface area contributed by atoms with Gasteiger partial charge in [-0.25, -0.2) is 4.98 Å². The van der Waals surface area contributed by atoms with E-state index in [1.807, 2.05) is 12.1 Å². The van der Waals surface area contributed by atoms with Crippen molar-refractivity contribution < 1.29 is 4.79 Å². The zero-order valence-electron chi connectivity index (χ0n) is 15.6. The third-order valence-corrected chi connectivity index (χ3v) is 5.22. The first kappa shape index (κ1) is 18.6. The molecule has 142 valence electrons. The molecule has 2 fully saturated rings. The van der Waals surface area contributed by atoms with Crippen LogP contribution < -0.4 is 20.9 Å². The van der Waals surface area contributed by atoms with Gasteiger partial charge in [0.15, 0.2) is 0 Å². The van der Waals surface area contributed by atoms with Gasteiger partial charge in [-0.05, 0) is 50.9 Å². The summed E-state index contributed by atoms with van der Waals surface area (Å²) in [4.78, 5) is 19.5. The molecule has 1 aromatic heterocycles. The van der Waals surface area contributed by atoms with Gasteiger partial charge >= 0.3 is 0 Å². The van der Waals surface area contributed by atoms with Crippen LogP contribution in [0.25, 0.3) is 0 Å². The van der Waals surface area contributed by atoms with E-state index in [0.717, 1.165) is 44.8 Å². The van der Waals surface area contributed by atoms with E-state index >= 15 is 0 Å². The van der Waals surface area contributed by atoms with E-state index < -0.39 is 0 Å². The van der Waals surface area contributed by atoms with E-state index in [-0.39, 0.29) is 17.7 Å². The summed E-state index contributed by atoms with van der Waals surface area (Å²) in [6.45, 7) is 3.85. The molecule has 7 nitrogen and oxygen atoms in total. The lowest BCUT2D eigenvalue weighted by Crippen LogP contribution is -2.45. The Morgan fingerprint density at radius 2 is 1.88 bits per heavy atom. The number of nitrogens with zero attached hydrogens (tertiary/aromatic N) is 2. The molecule has 0 radical (unpaired) electrons. The summed E-state index contributed by atoms with van der Waals surface area (Å²) in [5.74, 6) is 1.20. The molecule has 1 aromatic rings. The summed E-state index contributed by atoms with van der Waals surface area (Å²) in [5, 5.41) is 17.7. The predicted molar refractivity (Wildman–Crippen MR) is 105 cm³/mol. The van der Waals surface area contributed by atoms with Crippen molar-refractivity contribution in [3.05, 3.63) is 17.7 Å². The molecule has 2 saturated heterocycles. The van der Waals surface area contributed by atoms with Gasteiger partial charge in [-0.3, -0.25) is 10.2 Å². The van der Waals surface area contributed by atoms with Crippen LogP contribution in [0.4, 0.5) is 11.6 Å². The van der Waals surface area contributed by atoms with Crippen LogP contribution in [0.15, 0.2) is 12.1 Å². The number of aromatic nitrogens is 1. The molecule has 1 amide bonds. The molecule has 0 atom stereocenters. The molecule has 7 heteroatoms. The molecular formula is C19H30N6O. The Bertz CT molecular complexity index is 633. The standard InChI is InChI=1S/C19H30N6O/c1-21-18-15(17(20)19(26)23-14-8-10-22-11-9-14)6-7-16(24-18)25-12-4-2-3-5-13-25/h6-7,14,20,22H,2-5,8-13H2,1H3,(H,21,24)(H,23,26). The number of nitrogens with one attached hydrogen (secondary N) is 4. The van der Waals surface area contributed by atoms with Crippen molar-refractivity contribution in [3.63, 3.8) is 0 Å². The van der Waals surface area contributed by atoms with E-state index in [4.69, 9.17) is 10.4 Å². The number of hydrogen-bond donors (Lipinski definition) is 4. The van der Waals surface area contributed by atoms with Gasteiger partial charge in [0.1, 0.15) is 17.3 Å². The number of carbonyl (C=O) groups is 1. The number of amides is 1. The van der Waals surface area contributed by atoms with Crippen LogP contribution in [0.1, 0.15) is 44.1 Å². The van der Waals surface area contributed by atoms with Crippen LogP contribution in [0, 0.1) is 5.41 Å². The maximum Gasteiger partial charge on any atom is 0.270 e. The second-order valence-electron chi connectivity index (χ2n) is 7.09. The normalized spacial score (nSPS) is 18.9. The summed E-state index contributed by atoms with van der Waals surface area (Å²) < 4.78 is 0. The third kappa shape index (κ3) is 4.52. The smallest absolute Gasteiger partial charge is 0.270 e. The zero-order chi connectivity index (χ0) is 18.4. The van der Waals surface area contributed by atoms with Gasteiger partial charge in [0, 0.05) is 31.7 Å². The van der Waals surface area contributed by atoms with E-state index in [1.165, 1.54) is 25.7 Å². The summed E-state index contributed by atoms with van der Waals surface area (Å²) in [6.07, 6.45) is 6.73. The number of rotatable bonds is 5. The molecule has 2 aliphatic heterocycles. The molecule has 0 bridgehead atoms. The number of pyridine rings is 1. The third-order valence-electron chi connectivity index (χ3n) is 5.22. The molecule has 3 heterocycles. The van der Waals surface area contributed by atoms with Crippen LogP contribution in [0.5, 0.6) is 0 Å². The summed E-state index contributed by atoms with van der Waals surface area (Å²) >= 11 is 0. The molecular weight excluding hydrogens is 328 g/mol. The molecule has 26 heavy (non-hydrogen) atoms. The first-order valence-electron chi connectivity index (χ1n) is 9.73. The molecule has 0 saturated carbocycles. The number of piperidine rings is 1. The average Bonchev–Trinajstić information content (AvgIpc) is 2.97. The Morgan fingerprint density at radius 1 is 1.19 bits per heavy atom. The van der Waals surface area contributed by atoms with Gasteiger partial charge in [0.25, 0.3) is 5.91 Å². The van der Waals surface area contributed by atoms with Crippen LogP contribution in [0.2, 0.25) is 0 Å². The highest BCUT2D eigenvalue weighted by atomic mass is 16.1. The zero-order valence-corrected chi connectivity index (χ0v) is 15.6. The number of carbonyl (C=O) groups excluding carboxylic acids is 1. The van der Waals surface area contributed by atoms with Gasteiger partial charge in [0.2, 0.25) is 0 Å². The Morgan fingerprint density at radius 3 is 2.54 bits per heavy atom. The van der Waals surface area contributed by atoms with Crippen LogP contribution in [-0.4, -0.2) is 55.9 Å². The molecule has 0 aromatic carbocycles. The lowest BCUT2D eigenvalue weighted by Gasteiger charge is -2.24. The van der Waals surface area contributed by atoms with Crippen LogP contribution in [0.3, 0.4) is 0 Å². The van der Waals surface area contributed by atoms with Gasteiger partial charge in [0.05, 0.1) is 0 Å². The minimum atomic E-state index is -0.322. The summed E-state index contributed by atoms with van der Waals surface area (Å²) in [6, 6.07) is 3.93. The lowest BCUT2D eigenvalue weighted by atomic mass is 10.1. The molecule has 4 N–H and O–H groups in total. The second kappa shape index (κ2) is 8.98. The number of hydrogen-bond acceptors (Lipinski definition) is 6. The van der Waals surface area contributed by atoms with Crippen molar-refractivity contribution in [2.45, 2.75) is 44.6 Å². The van der Waals surface area contributed by atoms with E-state index in [0.29, 0.717) is 11.4 Å². The van der Waals surface area contributed by atoms with Crippen molar-refractivity contribution in [1.29, 1.82) is 5.41 Å². The van der Waals surface area contributed by atoms with Crippen molar-refractivity contribution in [1.82, 2.24) is 15.6 Å². The van der Waals surface area contributed by atoms with Crippen LogP contribution in [-0.2, 0) is 4.79 Å². The van der Waals surface area contributed by atoms with Crippen molar-refractivity contribution >= 4 is 23.3 Å². The maximum atomic E-state index is 12.5. The second-order valence-corrected chi connectivity index (χ2v) is 7.09. The predicted octanol–water partition coefficient (Wildman–Crippen LogP) is 1.74. The van der Waals surface area contributed by atoms with E-state index in [9.17, 15) is 4.79 Å². The molecule has 2 aliphatic rings. The largest absolute Gasteiger partial charge is 0.373 e. The van der Waals surface area contributed by atoms with E-state index in [1.54, 1.807) is 7.05 Å². The topological polar surface area (TPSA) is 93.1 Å². The lowest BCUT2D eigenvalue weighted by molar-refractivity contribution is -0.115. The Balaban J connectivity index is 1.71. The highest BCUT2D eigenvalue weighted by Gasteiger charge is 2.22. The monoisotopic (exact) mass is 358 g/mol. The molecule has 3 rings (SSSR count). The quantitative estimate of drug-likeness (QED) is 0.602. The number of anilines is 2. The average molecular weight is 358 g/mol. The highest BCUT2D eigenvalue weighted by molar-refractivity contribution is 6.45. The van der Waals surface area contributed by atoms with Gasteiger partial charge < -0.3 is 20.9 Å². The fourth-order valence-corrected chi connectivity index (χ4v) is 3.66. The summed E-state index contributed by atoms with van der Waals surface area (Å²) in [5.41, 5.74) is 0.528. The first-order valence-corrected chi connectivity index (χ1v) is 9.73. The SMILES string of the molecule is CNc1nc(N2CCCCCC2)ccc1C(=N)C(=O)NC1CCNCC1. The molecule has 0 spiro atoms. The maximum absolute atomic E-state index is 12.5. The fraction of sp³-hybridized carbons (Fsp3) is 0.632. The van der Waals surface area contributed by atoms with Crippen molar-refractivity contribution in [2.24, 2.45) is 0 Å². The highest BCUT2D eigenvalue weighted by Crippen LogP contribution is 2.22. The Hall–Kier alpha value is -2.15. The van der Waals surface area contributed by atoms with Gasteiger partial charge in [-0.15, -0.1) is 0 Å². The van der Waals surface area contributed by atoms with Crippen LogP contribution >= 0.6 is 0 Å². The Kier molecular flexibility index (Phi) is 6.44. The van der Waals surface area contributed by atoms with E-state index in [2.05, 4.69) is 20.9 Å². The van der Waals surface area contributed by atoms with Crippen molar-refractivity contribution in [3.8, 4) is 0 Å². The minimum Gasteiger partial charge on any atom is -0.373 e. The molecule has 0 unspecified atom stereocenters. The summed E-state index contributed by atoms with van der Waals surface area (Å²) in [7, 11) is 1.79. The molecule has 0 aliphatic carbocycles. The van der Waals surface area contributed by atoms with Gasteiger partial charge in [-0.2, -0.15) is 0 Å². The fourth-order valence-electron chi connectivity index (χ4n) is 3.66.